The summed E-state index contributed by atoms with van der Waals surface area (Å²) >= 11 is 0. The van der Waals surface area contributed by atoms with Crippen molar-refractivity contribution in [1.29, 1.82) is 5.41 Å². The Balaban J connectivity index is 1.64. The summed E-state index contributed by atoms with van der Waals surface area (Å²) in [5, 5.41) is 15.2. The maximum Gasteiger partial charge on any atom is 0.251 e. The molecule has 3 aromatic rings. The molecule has 1 aliphatic rings. The molecule has 0 amide bonds. The van der Waals surface area contributed by atoms with Crippen LogP contribution in [0.2, 0.25) is 0 Å². The Morgan fingerprint density at radius 1 is 1.12 bits per heavy atom. The maximum atomic E-state index is 13.5. The predicted molar refractivity (Wildman–Crippen MR) is 128 cm³/mol. The molecule has 4 rings (SSSR count). The van der Waals surface area contributed by atoms with Gasteiger partial charge in [-0.2, -0.15) is 5.10 Å². The Morgan fingerprint density at radius 2 is 1.85 bits per heavy atom. The zero-order valence-electron chi connectivity index (χ0n) is 18.3. The van der Waals surface area contributed by atoms with Gasteiger partial charge in [0.05, 0.1) is 11.4 Å². The van der Waals surface area contributed by atoms with E-state index in [4.69, 9.17) is 5.41 Å². The first kappa shape index (κ1) is 22.4. The van der Waals surface area contributed by atoms with Crippen LogP contribution in [0.1, 0.15) is 24.1 Å². The molecular weight excluding hydrogens is 424 g/mol. The van der Waals surface area contributed by atoms with E-state index in [0.29, 0.717) is 18.8 Å². The topological polar surface area (TPSA) is 74.0 Å². The minimum absolute atomic E-state index is 0.144. The van der Waals surface area contributed by atoms with Gasteiger partial charge < -0.3 is 15.6 Å². The largest absolute Gasteiger partial charge is 0.371 e. The van der Waals surface area contributed by atoms with Gasteiger partial charge in [-0.3, -0.25) is 4.79 Å². The van der Waals surface area contributed by atoms with E-state index in [2.05, 4.69) is 10.4 Å². The van der Waals surface area contributed by atoms with Crippen molar-refractivity contribution < 1.29 is 8.78 Å². The van der Waals surface area contributed by atoms with E-state index in [1.165, 1.54) is 12.1 Å². The van der Waals surface area contributed by atoms with Gasteiger partial charge in [0.15, 0.2) is 5.69 Å². The van der Waals surface area contributed by atoms with Crippen molar-refractivity contribution in [1.82, 2.24) is 9.78 Å². The first-order chi connectivity index (χ1) is 15.9. The number of anilines is 2. The average molecular weight is 450 g/mol. The van der Waals surface area contributed by atoms with Crippen LogP contribution < -0.4 is 15.6 Å². The molecule has 2 heterocycles. The van der Waals surface area contributed by atoms with Gasteiger partial charge in [-0.1, -0.05) is 18.2 Å². The number of allylic oxidation sites excluding steroid dienone is 1. The third-order valence-electron chi connectivity index (χ3n) is 5.65. The summed E-state index contributed by atoms with van der Waals surface area (Å²) in [6, 6.07) is 16.5. The third kappa shape index (κ3) is 5.16. The normalized spacial score (nSPS) is 15.8. The quantitative estimate of drug-likeness (QED) is 0.526. The molecule has 170 valence electrons. The summed E-state index contributed by atoms with van der Waals surface area (Å²) in [6.07, 6.45) is 3.90. The zero-order valence-corrected chi connectivity index (χ0v) is 18.3. The van der Waals surface area contributed by atoms with Crippen molar-refractivity contribution in [2.24, 2.45) is 0 Å². The number of nitrogens with zero attached hydrogens (tertiary/aromatic N) is 3. The van der Waals surface area contributed by atoms with Crippen molar-refractivity contribution in [3.63, 3.8) is 0 Å². The van der Waals surface area contributed by atoms with Crippen molar-refractivity contribution in [3.8, 4) is 5.69 Å². The Morgan fingerprint density at radius 3 is 2.52 bits per heavy atom. The molecule has 6 nitrogen and oxygen atoms in total. The summed E-state index contributed by atoms with van der Waals surface area (Å²) < 4.78 is 28.6. The molecule has 1 fully saturated rings. The first-order valence-electron chi connectivity index (χ1n) is 10.7. The second kappa shape index (κ2) is 9.36. The van der Waals surface area contributed by atoms with E-state index in [1.54, 1.807) is 10.9 Å². The van der Waals surface area contributed by atoms with Gasteiger partial charge in [0.2, 0.25) is 5.43 Å². The monoisotopic (exact) mass is 449 g/mol. The van der Waals surface area contributed by atoms with E-state index in [1.807, 2.05) is 60.4 Å². The number of nitrogens with one attached hydrogen (secondary N) is 2. The Kier molecular flexibility index (Phi) is 6.35. The van der Waals surface area contributed by atoms with Crippen LogP contribution in [-0.2, 0) is 0 Å². The molecule has 1 aromatic heterocycles. The van der Waals surface area contributed by atoms with Crippen LogP contribution in [0.15, 0.2) is 71.7 Å². The van der Waals surface area contributed by atoms with Crippen molar-refractivity contribution in [2.75, 3.05) is 23.3 Å². The van der Waals surface area contributed by atoms with Crippen molar-refractivity contribution >= 4 is 23.3 Å². The zero-order chi connectivity index (χ0) is 23.4. The van der Waals surface area contributed by atoms with Crippen molar-refractivity contribution in [3.05, 3.63) is 88.4 Å². The number of piperidine rings is 1. The second-order valence-corrected chi connectivity index (χ2v) is 8.02. The molecule has 8 heteroatoms. The molecule has 0 atom stereocenters. The van der Waals surface area contributed by atoms with E-state index in [-0.39, 0.29) is 24.0 Å². The fraction of sp³-hybridized carbons (Fsp3) is 0.240. The van der Waals surface area contributed by atoms with E-state index in [9.17, 15) is 13.6 Å². The standard InChI is InChI=1S/C25H25F2N5O/c1-18-17-20(31-15-11-25(26,27)12-16-31)7-8-22(18)32-14-10-23(33)24(30-32)21(9-13-28)29-19-5-3-2-4-6-19/h2-10,13-14,17,28-29H,11-12,15-16H2,1H3/b21-9-,28-13?. The van der Waals surface area contributed by atoms with Crippen LogP contribution in [0.3, 0.4) is 0 Å². The van der Waals surface area contributed by atoms with Crippen LogP contribution in [0.5, 0.6) is 0 Å². The molecule has 0 unspecified atom stereocenters. The summed E-state index contributed by atoms with van der Waals surface area (Å²) in [4.78, 5) is 14.6. The minimum atomic E-state index is -2.59. The number of para-hydroxylation sites is 1. The van der Waals surface area contributed by atoms with E-state index < -0.39 is 5.92 Å². The van der Waals surface area contributed by atoms with Crippen LogP contribution >= 0.6 is 0 Å². The number of hydrogen-bond donors (Lipinski definition) is 2. The van der Waals surface area contributed by atoms with Crippen LogP contribution in [0.4, 0.5) is 20.2 Å². The molecule has 0 radical (unpaired) electrons. The average Bonchev–Trinajstić information content (AvgIpc) is 2.80. The summed E-state index contributed by atoms with van der Waals surface area (Å²) in [6.45, 7) is 2.55. The molecule has 1 aliphatic heterocycles. The fourth-order valence-corrected chi connectivity index (χ4v) is 3.85. The van der Waals surface area contributed by atoms with Crippen LogP contribution in [0.25, 0.3) is 11.4 Å². The number of hydrogen-bond acceptors (Lipinski definition) is 5. The molecule has 0 aliphatic carbocycles. The van der Waals surface area contributed by atoms with Gasteiger partial charge in [0.25, 0.3) is 5.92 Å². The Bertz CT molecular complexity index is 1230. The number of alkyl halides is 2. The number of aromatic nitrogens is 2. The Labute approximate surface area is 190 Å². The van der Waals surface area contributed by atoms with Gasteiger partial charge in [0, 0.05) is 55.8 Å². The number of halogens is 2. The summed E-state index contributed by atoms with van der Waals surface area (Å²) in [5.41, 5.74) is 3.67. The lowest BCUT2D eigenvalue weighted by atomic mass is 10.1. The van der Waals surface area contributed by atoms with E-state index >= 15 is 0 Å². The summed E-state index contributed by atoms with van der Waals surface area (Å²) in [5.74, 6) is -2.59. The Hall–Kier alpha value is -3.81. The van der Waals surface area contributed by atoms with Gasteiger partial charge in [-0.25, -0.2) is 13.5 Å². The highest BCUT2D eigenvalue weighted by atomic mass is 19.3. The molecular formula is C25H25F2N5O. The van der Waals surface area contributed by atoms with Gasteiger partial charge >= 0.3 is 0 Å². The lowest BCUT2D eigenvalue weighted by molar-refractivity contribution is -0.0220. The molecule has 0 bridgehead atoms. The molecule has 0 spiro atoms. The highest BCUT2D eigenvalue weighted by Crippen LogP contribution is 2.31. The predicted octanol–water partition coefficient (Wildman–Crippen LogP) is 4.88. The number of benzene rings is 2. The smallest absolute Gasteiger partial charge is 0.251 e. The second-order valence-electron chi connectivity index (χ2n) is 8.02. The highest BCUT2D eigenvalue weighted by molar-refractivity contribution is 5.86. The van der Waals surface area contributed by atoms with Crippen molar-refractivity contribution in [2.45, 2.75) is 25.7 Å². The van der Waals surface area contributed by atoms with Crippen LogP contribution in [0, 0.1) is 12.3 Å². The molecule has 1 saturated heterocycles. The lowest BCUT2D eigenvalue weighted by Crippen LogP contribution is -2.39. The van der Waals surface area contributed by atoms with Crippen LogP contribution in [-0.4, -0.2) is 35.0 Å². The number of aryl methyl sites for hydroxylation is 1. The van der Waals surface area contributed by atoms with Gasteiger partial charge in [-0.15, -0.1) is 0 Å². The molecule has 33 heavy (non-hydrogen) atoms. The van der Waals surface area contributed by atoms with Gasteiger partial charge in [0.1, 0.15) is 0 Å². The summed E-state index contributed by atoms with van der Waals surface area (Å²) in [7, 11) is 0. The SMILES string of the molecule is Cc1cc(N2CCC(F)(F)CC2)ccc1-n1ccc(=O)c(/C(=C/C=N)Nc2ccccc2)n1. The molecule has 2 aromatic carbocycles. The third-order valence-corrected chi connectivity index (χ3v) is 5.65. The lowest BCUT2D eigenvalue weighted by Gasteiger charge is -2.33. The van der Waals surface area contributed by atoms with E-state index in [0.717, 1.165) is 28.8 Å². The fourth-order valence-electron chi connectivity index (χ4n) is 3.85. The van der Waals surface area contributed by atoms with Gasteiger partial charge in [-0.05, 0) is 48.9 Å². The minimum Gasteiger partial charge on any atom is -0.371 e. The molecule has 2 N–H and O–H groups in total. The highest BCUT2D eigenvalue weighted by Gasteiger charge is 2.34. The first-order valence-corrected chi connectivity index (χ1v) is 10.7. The maximum absolute atomic E-state index is 13.5. The molecule has 0 saturated carbocycles. The number of rotatable bonds is 6.